The van der Waals surface area contributed by atoms with Crippen LogP contribution in [0, 0.1) is 0 Å². The lowest BCUT2D eigenvalue weighted by Gasteiger charge is -2.13. The van der Waals surface area contributed by atoms with Gasteiger partial charge in [-0.3, -0.25) is 4.79 Å². The summed E-state index contributed by atoms with van der Waals surface area (Å²) < 4.78 is 25.3. The van der Waals surface area contributed by atoms with Gasteiger partial charge in [0.1, 0.15) is 4.90 Å². The number of amides is 1. The Morgan fingerprint density at radius 3 is 2.39 bits per heavy atom. The standard InChI is InChI=1S/C12H8N2O3S/c15-12-9-5-1-2-6-10(9)18(16,17)14(12)11-7-3-4-8-13-11/h1-8H. The van der Waals surface area contributed by atoms with E-state index in [4.69, 9.17) is 0 Å². The second kappa shape index (κ2) is 3.64. The Kier molecular flexibility index (Phi) is 2.21. The zero-order valence-electron chi connectivity index (χ0n) is 9.15. The van der Waals surface area contributed by atoms with E-state index < -0.39 is 15.9 Å². The van der Waals surface area contributed by atoms with E-state index in [0.717, 1.165) is 4.31 Å². The summed E-state index contributed by atoms with van der Waals surface area (Å²) in [5.41, 5.74) is 0.183. The van der Waals surface area contributed by atoms with Gasteiger partial charge in [0.15, 0.2) is 5.82 Å². The maximum Gasteiger partial charge on any atom is 0.274 e. The molecule has 0 saturated carbocycles. The summed E-state index contributed by atoms with van der Waals surface area (Å²) in [5.74, 6) is -0.456. The number of nitrogens with zero attached hydrogens (tertiary/aromatic N) is 2. The molecule has 90 valence electrons. The van der Waals surface area contributed by atoms with Crippen LogP contribution in [0.4, 0.5) is 5.82 Å². The van der Waals surface area contributed by atoms with Gasteiger partial charge in [0, 0.05) is 6.20 Å². The molecule has 0 atom stereocenters. The van der Waals surface area contributed by atoms with E-state index in [2.05, 4.69) is 4.98 Å². The molecule has 1 aromatic carbocycles. The summed E-state index contributed by atoms with van der Waals surface area (Å²) in [7, 11) is -3.83. The molecular weight excluding hydrogens is 252 g/mol. The summed E-state index contributed by atoms with van der Waals surface area (Å²) in [6.07, 6.45) is 1.45. The van der Waals surface area contributed by atoms with Gasteiger partial charge in [0.25, 0.3) is 15.9 Å². The molecule has 2 heterocycles. The fourth-order valence-corrected chi connectivity index (χ4v) is 3.44. The highest BCUT2D eigenvalue weighted by Gasteiger charge is 2.42. The van der Waals surface area contributed by atoms with Gasteiger partial charge in [-0.2, -0.15) is 4.31 Å². The van der Waals surface area contributed by atoms with Crippen LogP contribution >= 0.6 is 0 Å². The molecule has 2 aromatic rings. The number of hydrogen-bond acceptors (Lipinski definition) is 4. The number of carbonyl (C=O) groups excluding carboxylic acids is 1. The van der Waals surface area contributed by atoms with Gasteiger partial charge in [-0.25, -0.2) is 13.4 Å². The van der Waals surface area contributed by atoms with Crippen LogP contribution in [0.25, 0.3) is 0 Å². The lowest BCUT2D eigenvalue weighted by atomic mass is 10.2. The van der Waals surface area contributed by atoms with Crippen LogP contribution in [0.5, 0.6) is 0 Å². The lowest BCUT2D eigenvalue weighted by Crippen LogP contribution is -2.30. The highest BCUT2D eigenvalue weighted by atomic mass is 32.2. The molecule has 0 unspecified atom stereocenters. The van der Waals surface area contributed by atoms with Crippen molar-refractivity contribution >= 4 is 21.7 Å². The Morgan fingerprint density at radius 1 is 1.00 bits per heavy atom. The van der Waals surface area contributed by atoms with E-state index in [1.165, 1.54) is 24.4 Å². The Bertz CT molecular complexity index is 726. The van der Waals surface area contributed by atoms with Crippen molar-refractivity contribution in [3.63, 3.8) is 0 Å². The average molecular weight is 260 g/mol. The van der Waals surface area contributed by atoms with Gasteiger partial charge < -0.3 is 0 Å². The summed E-state index contributed by atoms with van der Waals surface area (Å²) >= 11 is 0. The minimum absolute atomic E-state index is 0.0284. The molecule has 5 nitrogen and oxygen atoms in total. The van der Waals surface area contributed by atoms with Crippen molar-refractivity contribution in [3.05, 3.63) is 54.2 Å². The third-order valence-electron chi connectivity index (χ3n) is 2.68. The van der Waals surface area contributed by atoms with Gasteiger partial charge in [-0.15, -0.1) is 0 Å². The second-order valence-corrected chi connectivity index (χ2v) is 5.51. The Morgan fingerprint density at radius 2 is 1.72 bits per heavy atom. The van der Waals surface area contributed by atoms with Gasteiger partial charge in [-0.1, -0.05) is 18.2 Å². The summed E-state index contributed by atoms with van der Waals surface area (Å²) in [5, 5.41) is 0. The molecule has 1 aliphatic heterocycles. The van der Waals surface area contributed by atoms with Crippen molar-refractivity contribution in [2.75, 3.05) is 4.31 Å². The van der Waals surface area contributed by atoms with Crippen LogP contribution in [-0.4, -0.2) is 19.3 Å². The predicted octanol–water partition coefficient (Wildman–Crippen LogP) is 1.43. The van der Waals surface area contributed by atoms with Crippen LogP contribution in [-0.2, 0) is 10.0 Å². The number of hydrogen-bond donors (Lipinski definition) is 0. The van der Waals surface area contributed by atoms with Crippen molar-refractivity contribution in [2.45, 2.75) is 4.90 Å². The summed E-state index contributed by atoms with van der Waals surface area (Å²) in [6.45, 7) is 0. The molecule has 1 amide bonds. The molecule has 0 radical (unpaired) electrons. The normalized spacial score (nSPS) is 16.7. The average Bonchev–Trinajstić information content (AvgIpc) is 2.59. The fourth-order valence-electron chi connectivity index (χ4n) is 1.89. The third kappa shape index (κ3) is 1.36. The number of carbonyl (C=O) groups is 1. The van der Waals surface area contributed by atoms with Gasteiger partial charge in [-0.05, 0) is 24.3 Å². The fraction of sp³-hybridized carbons (Fsp3) is 0. The van der Waals surface area contributed by atoms with E-state index >= 15 is 0 Å². The van der Waals surface area contributed by atoms with Crippen molar-refractivity contribution in [2.24, 2.45) is 0 Å². The molecule has 6 heteroatoms. The van der Waals surface area contributed by atoms with Crippen LogP contribution in [0.3, 0.4) is 0 Å². The molecule has 0 spiro atoms. The van der Waals surface area contributed by atoms with Crippen LogP contribution < -0.4 is 4.31 Å². The minimum Gasteiger partial charge on any atom is -0.267 e. The Hall–Kier alpha value is -2.21. The quantitative estimate of drug-likeness (QED) is 0.778. The van der Waals surface area contributed by atoms with E-state index in [0.29, 0.717) is 0 Å². The highest BCUT2D eigenvalue weighted by molar-refractivity contribution is 7.94. The van der Waals surface area contributed by atoms with E-state index in [1.807, 2.05) is 0 Å². The number of benzene rings is 1. The van der Waals surface area contributed by atoms with Crippen LogP contribution in [0.2, 0.25) is 0 Å². The van der Waals surface area contributed by atoms with Crippen LogP contribution in [0.1, 0.15) is 10.4 Å². The molecule has 0 aliphatic carbocycles. The molecule has 0 bridgehead atoms. The van der Waals surface area contributed by atoms with Crippen molar-refractivity contribution in [1.82, 2.24) is 4.98 Å². The first kappa shape index (κ1) is 10.9. The maximum absolute atomic E-state index is 12.3. The topological polar surface area (TPSA) is 67.3 Å². The second-order valence-electron chi connectivity index (χ2n) is 3.76. The van der Waals surface area contributed by atoms with Crippen molar-refractivity contribution < 1.29 is 13.2 Å². The first-order valence-corrected chi connectivity index (χ1v) is 6.66. The SMILES string of the molecule is O=C1c2ccccc2S(=O)(=O)N1c1ccccn1. The maximum atomic E-state index is 12.3. The Labute approximate surface area is 104 Å². The molecule has 3 rings (SSSR count). The summed E-state index contributed by atoms with van der Waals surface area (Å²) in [6, 6.07) is 10.9. The predicted molar refractivity (Wildman–Crippen MR) is 64.7 cm³/mol. The molecule has 0 saturated heterocycles. The highest BCUT2D eigenvalue weighted by Crippen LogP contribution is 2.32. The molecule has 0 N–H and O–H groups in total. The third-order valence-corrected chi connectivity index (χ3v) is 4.42. The first-order chi connectivity index (χ1) is 8.62. The van der Waals surface area contributed by atoms with Crippen molar-refractivity contribution in [1.29, 1.82) is 0 Å². The lowest BCUT2D eigenvalue weighted by molar-refractivity contribution is 0.101. The molecule has 0 fully saturated rings. The van der Waals surface area contributed by atoms with Gasteiger partial charge >= 0.3 is 0 Å². The monoisotopic (exact) mass is 260 g/mol. The minimum atomic E-state index is -3.83. The molecule has 1 aliphatic rings. The van der Waals surface area contributed by atoms with Gasteiger partial charge in [0.05, 0.1) is 5.56 Å². The zero-order chi connectivity index (χ0) is 12.8. The Balaban J connectivity index is 2.25. The van der Waals surface area contributed by atoms with Crippen molar-refractivity contribution in [3.8, 4) is 0 Å². The smallest absolute Gasteiger partial charge is 0.267 e. The molecular formula is C12H8N2O3S. The van der Waals surface area contributed by atoms with E-state index in [9.17, 15) is 13.2 Å². The largest absolute Gasteiger partial charge is 0.274 e. The number of pyridine rings is 1. The van der Waals surface area contributed by atoms with Gasteiger partial charge in [0.2, 0.25) is 0 Å². The number of aromatic nitrogens is 1. The number of sulfonamides is 1. The summed E-state index contributed by atoms with van der Waals surface area (Å²) in [4.78, 5) is 16.1. The molecule has 1 aromatic heterocycles. The first-order valence-electron chi connectivity index (χ1n) is 5.22. The number of anilines is 1. The van der Waals surface area contributed by atoms with Crippen LogP contribution in [0.15, 0.2) is 53.6 Å². The van der Waals surface area contributed by atoms with E-state index in [-0.39, 0.29) is 16.3 Å². The zero-order valence-corrected chi connectivity index (χ0v) is 9.96. The molecule has 18 heavy (non-hydrogen) atoms. The van der Waals surface area contributed by atoms with E-state index in [1.54, 1.807) is 24.3 Å². The number of fused-ring (bicyclic) bond motifs is 1. The number of rotatable bonds is 1.